The Balaban J connectivity index is 4.29. The lowest BCUT2D eigenvalue weighted by Crippen LogP contribution is -2.49. The van der Waals surface area contributed by atoms with Gasteiger partial charge in [-0.05, 0) is 37.8 Å². The molecule has 1 amide bonds. The molecule has 0 aliphatic rings. The van der Waals surface area contributed by atoms with Crippen LogP contribution in [0.2, 0.25) is 0 Å². The van der Waals surface area contributed by atoms with E-state index in [0.29, 0.717) is 31.6 Å². The van der Waals surface area contributed by atoms with E-state index in [1.165, 1.54) is 11.8 Å². The molecule has 0 fully saturated rings. The molecule has 19 heavy (non-hydrogen) atoms. The predicted octanol–water partition coefficient (Wildman–Crippen LogP) is -0.215. The molecular weight excluding hydrogens is 270 g/mol. The lowest BCUT2D eigenvalue weighted by Gasteiger charge is -2.19. The number of nitrogens with two attached hydrogens (primary N) is 1. The Morgan fingerprint density at radius 3 is 2.42 bits per heavy atom. The molecule has 0 aromatic heterocycles. The highest BCUT2D eigenvalue weighted by Gasteiger charge is 2.24. The number of unbranched alkanes of at least 4 members (excludes halogenated alkanes) is 1. The molecule has 0 saturated heterocycles. The molecule has 0 heterocycles. The molecule has 0 aliphatic heterocycles. The topological polar surface area (TPSA) is 125 Å². The van der Waals surface area contributed by atoms with Crippen molar-refractivity contribution < 1.29 is 19.9 Å². The molecule has 112 valence electrons. The summed E-state index contributed by atoms with van der Waals surface area (Å²) < 4.78 is 0. The number of carbonyl (C=O) groups is 2. The summed E-state index contributed by atoms with van der Waals surface area (Å²) >= 11 is 1.51. The van der Waals surface area contributed by atoms with Gasteiger partial charge < -0.3 is 21.4 Å². The molecule has 7 nitrogen and oxygen atoms in total. The smallest absolute Gasteiger partial charge is 0.326 e. The van der Waals surface area contributed by atoms with Crippen molar-refractivity contribution in [1.29, 1.82) is 0 Å². The van der Waals surface area contributed by atoms with Crippen molar-refractivity contribution in [1.82, 2.24) is 10.8 Å². The zero-order valence-electron chi connectivity index (χ0n) is 11.1. The highest BCUT2D eigenvalue weighted by molar-refractivity contribution is 7.98. The van der Waals surface area contributed by atoms with Crippen LogP contribution in [-0.4, -0.2) is 52.8 Å². The Labute approximate surface area is 117 Å². The summed E-state index contributed by atoms with van der Waals surface area (Å²) in [6.07, 6.45) is 4.06. The number of carboxylic acids is 1. The average Bonchev–Trinajstić information content (AvgIpc) is 2.39. The summed E-state index contributed by atoms with van der Waals surface area (Å²) in [6.45, 7) is 0.519. The molecule has 0 bridgehead atoms. The first-order valence-electron chi connectivity index (χ1n) is 6.18. The maximum atomic E-state index is 11.8. The Morgan fingerprint density at radius 2 is 1.95 bits per heavy atom. The third-order valence-electron chi connectivity index (χ3n) is 2.64. The maximum Gasteiger partial charge on any atom is 0.326 e. The van der Waals surface area contributed by atoms with Gasteiger partial charge in [-0.15, -0.1) is 0 Å². The predicted molar refractivity (Wildman–Crippen MR) is 74.2 cm³/mol. The maximum absolute atomic E-state index is 11.8. The van der Waals surface area contributed by atoms with E-state index < -0.39 is 24.0 Å². The zero-order valence-corrected chi connectivity index (χ0v) is 11.9. The fourth-order valence-corrected chi connectivity index (χ4v) is 1.98. The van der Waals surface area contributed by atoms with Gasteiger partial charge >= 0.3 is 5.97 Å². The molecule has 0 saturated carbocycles. The molecule has 0 spiro atoms. The largest absolute Gasteiger partial charge is 0.480 e. The van der Waals surface area contributed by atoms with E-state index in [0.717, 1.165) is 6.42 Å². The molecule has 0 radical (unpaired) electrons. The molecule has 2 unspecified atom stereocenters. The molecular formula is C11H23N3O4S. The van der Waals surface area contributed by atoms with Crippen molar-refractivity contribution in [2.24, 2.45) is 5.73 Å². The van der Waals surface area contributed by atoms with E-state index in [4.69, 9.17) is 16.0 Å². The third kappa shape index (κ3) is 8.04. The molecule has 0 aromatic carbocycles. The first kappa shape index (κ1) is 18.2. The molecule has 0 aliphatic carbocycles. The number of amides is 1. The van der Waals surface area contributed by atoms with Crippen molar-refractivity contribution in [3.63, 3.8) is 0 Å². The van der Waals surface area contributed by atoms with Crippen LogP contribution in [0.5, 0.6) is 0 Å². The minimum absolute atomic E-state index is 0.350. The molecule has 8 heteroatoms. The highest BCUT2D eigenvalue weighted by atomic mass is 32.2. The first-order valence-corrected chi connectivity index (χ1v) is 7.58. The Morgan fingerprint density at radius 1 is 1.26 bits per heavy atom. The lowest BCUT2D eigenvalue weighted by atomic mass is 10.1. The molecule has 2 atom stereocenters. The summed E-state index contributed by atoms with van der Waals surface area (Å²) in [7, 11) is 0. The second-order valence-corrected chi connectivity index (χ2v) is 5.13. The van der Waals surface area contributed by atoms with Gasteiger partial charge in [-0.3, -0.25) is 4.79 Å². The number of thioether (sulfide) groups is 1. The van der Waals surface area contributed by atoms with Crippen molar-refractivity contribution in [3.05, 3.63) is 0 Å². The van der Waals surface area contributed by atoms with Gasteiger partial charge in [-0.1, -0.05) is 6.42 Å². The number of aliphatic carboxylic acids is 1. The van der Waals surface area contributed by atoms with Crippen LogP contribution < -0.4 is 16.5 Å². The highest BCUT2D eigenvalue weighted by Crippen LogP contribution is 2.04. The minimum Gasteiger partial charge on any atom is -0.480 e. The van der Waals surface area contributed by atoms with Crippen molar-refractivity contribution in [3.8, 4) is 0 Å². The Bertz CT molecular complexity index is 279. The van der Waals surface area contributed by atoms with E-state index >= 15 is 0 Å². The van der Waals surface area contributed by atoms with E-state index in [9.17, 15) is 9.59 Å². The summed E-state index contributed by atoms with van der Waals surface area (Å²) in [5.41, 5.74) is 7.25. The van der Waals surface area contributed by atoms with E-state index in [1.807, 2.05) is 11.7 Å². The third-order valence-corrected chi connectivity index (χ3v) is 3.29. The Kier molecular flexibility index (Phi) is 10.6. The summed E-state index contributed by atoms with van der Waals surface area (Å²) in [6, 6.07) is -1.73. The lowest BCUT2D eigenvalue weighted by molar-refractivity contribution is -0.142. The summed E-state index contributed by atoms with van der Waals surface area (Å²) in [4.78, 5) is 22.8. The van der Waals surface area contributed by atoms with E-state index in [-0.39, 0.29) is 0 Å². The second kappa shape index (κ2) is 11.0. The van der Waals surface area contributed by atoms with E-state index in [2.05, 4.69) is 5.32 Å². The monoisotopic (exact) mass is 293 g/mol. The van der Waals surface area contributed by atoms with Crippen molar-refractivity contribution in [2.75, 3.05) is 18.6 Å². The number of hydrogen-bond donors (Lipinski definition) is 5. The fourth-order valence-electron chi connectivity index (χ4n) is 1.51. The van der Waals surface area contributed by atoms with Crippen LogP contribution in [-0.2, 0) is 9.59 Å². The van der Waals surface area contributed by atoms with Crippen LogP contribution in [0.3, 0.4) is 0 Å². The quantitative estimate of drug-likeness (QED) is 0.263. The second-order valence-electron chi connectivity index (χ2n) is 4.15. The van der Waals surface area contributed by atoms with Gasteiger partial charge in [-0.25, -0.2) is 4.79 Å². The minimum atomic E-state index is -1.07. The normalized spacial score (nSPS) is 13.8. The Hall–Kier alpha value is -0.830. The molecule has 6 N–H and O–H groups in total. The van der Waals surface area contributed by atoms with Crippen LogP contribution in [0.1, 0.15) is 25.7 Å². The van der Waals surface area contributed by atoms with Crippen molar-refractivity contribution >= 4 is 23.6 Å². The van der Waals surface area contributed by atoms with Crippen LogP contribution in [0.25, 0.3) is 0 Å². The van der Waals surface area contributed by atoms with Gasteiger partial charge in [0.05, 0.1) is 0 Å². The number of carbonyl (C=O) groups excluding carboxylic acids is 1. The standard InChI is InChI=1S/C11H23N3O4S/c1-19-7-5-9(11(16)17)13-10(15)8(14-18)4-2-3-6-12/h8-9,14,18H,2-7,12H2,1H3,(H,13,15)(H,16,17). The van der Waals surface area contributed by atoms with Gasteiger partial charge in [-0.2, -0.15) is 17.2 Å². The van der Waals surface area contributed by atoms with Crippen LogP contribution in [0.4, 0.5) is 0 Å². The fraction of sp³-hybridized carbons (Fsp3) is 0.818. The number of rotatable bonds is 11. The number of carboxylic acid groups (broad SMARTS) is 1. The number of hydrogen-bond acceptors (Lipinski definition) is 6. The van der Waals surface area contributed by atoms with Gasteiger partial charge in [0.1, 0.15) is 12.1 Å². The summed E-state index contributed by atoms with van der Waals surface area (Å²) in [5.74, 6) is -0.934. The number of nitrogens with one attached hydrogen (secondary N) is 2. The van der Waals surface area contributed by atoms with Gasteiger partial charge in [0, 0.05) is 0 Å². The van der Waals surface area contributed by atoms with Crippen LogP contribution in [0.15, 0.2) is 0 Å². The average molecular weight is 293 g/mol. The number of hydroxylamine groups is 1. The van der Waals surface area contributed by atoms with Gasteiger partial charge in [0.25, 0.3) is 0 Å². The molecule has 0 rings (SSSR count). The zero-order chi connectivity index (χ0) is 14.7. The van der Waals surface area contributed by atoms with Crippen LogP contribution >= 0.6 is 11.8 Å². The summed E-state index contributed by atoms with van der Waals surface area (Å²) in [5, 5.41) is 20.3. The van der Waals surface area contributed by atoms with Gasteiger partial charge in [0.2, 0.25) is 5.91 Å². The van der Waals surface area contributed by atoms with E-state index in [1.54, 1.807) is 0 Å². The van der Waals surface area contributed by atoms with Crippen LogP contribution in [0, 0.1) is 0 Å². The van der Waals surface area contributed by atoms with Gasteiger partial charge in [0.15, 0.2) is 0 Å². The van der Waals surface area contributed by atoms with Crippen molar-refractivity contribution in [2.45, 2.75) is 37.8 Å². The first-order chi connectivity index (χ1) is 9.06. The SMILES string of the molecule is CSCCC(NC(=O)C(CCCCN)NO)C(=O)O. The molecule has 0 aromatic rings.